The van der Waals surface area contributed by atoms with Crippen LogP contribution in [-0.4, -0.2) is 5.97 Å². The predicted octanol–water partition coefficient (Wildman–Crippen LogP) is -0.0902. The summed E-state index contributed by atoms with van der Waals surface area (Å²) in [6, 6.07) is 18.0. The van der Waals surface area contributed by atoms with Crippen LogP contribution in [-0.2, 0) is 0 Å². The minimum absolute atomic E-state index is 0. The van der Waals surface area contributed by atoms with Crippen molar-refractivity contribution >= 4 is 5.97 Å². The molecule has 0 fully saturated rings. The summed E-state index contributed by atoms with van der Waals surface area (Å²) in [5, 5.41) is 0. The average molecular weight is 221 g/mol. The third-order valence-electron chi connectivity index (χ3n) is 1.96. The Morgan fingerprint density at radius 2 is 1.31 bits per heavy atom. The van der Waals surface area contributed by atoms with Crippen LogP contribution in [0.2, 0.25) is 0 Å². The van der Waals surface area contributed by atoms with Crippen LogP contribution in [0, 0.1) is 0 Å². The number of para-hydroxylation sites is 1. The normalized spacial score (nSPS) is 9.00. The van der Waals surface area contributed by atoms with Gasteiger partial charge in [-0.25, -0.2) is 4.79 Å². The van der Waals surface area contributed by atoms with E-state index in [4.69, 9.17) is 4.74 Å². The fraction of sp³-hybridized carbons (Fsp3) is 0. The number of esters is 1. The van der Waals surface area contributed by atoms with Crippen LogP contribution in [0.4, 0.5) is 0 Å². The largest absolute Gasteiger partial charge is 1.00 e. The summed E-state index contributed by atoms with van der Waals surface area (Å²) in [5.41, 5.74) is 0.557. The summed E-state index contributed by atoms with van der Waals surface area (Å²) < 4.78 is 5.16. The molecule has 0 unspecified atom stereocenters. The molecule has 0 atom stereocenters. The minimum Gasteiger partial charge on any atom is -0.423 e. The van der Waals surface area contributed by atoms with Gasteiger partial charge in [0.1, 0.15) is 5.75 Å². The van der Waals surface area contributed by atoms with E-state index in [9.17, 15) is 4.79 Å². The molecule has 2 aromatic carbocycles. The first-order valence-corrected chi connectivity index (χ1v) is 4.68. The van der Waals surface area contributed by atoms with Crippen LogP contribution < -0.4 is 34.3 Å². The molecule has 2 aromatic rings. The van der Waals surface area contributed by atoms with Crippen molar-refractivity contribution in [3.8, 4) is 5.75 Å². The molecule has 0 saturated carbocycles. The molecule has 0 N–H and O–H groups in total. The Hall–Kier alpha value is -1.09. The van der Waals surface area contributed by atoms with Crippen molar-refractivity contribution in [2.24, 2.45) is 0 Å². The smallest absolute Gasteiger partial charge is 0.423 e. The molecule has 0 aliphatic heterocycles. The van der Waals surface area contributed by atoms with Crippen LogP contribution in [0.3, 0.4) is 0 Å². The third-order valence-corrected chi connectivity index (χ3v) is 1.96. The van der Waals surface area contributed by atoms with Gasteiger partial charge in [0, 0.05) is 0 Å². The Kier molecular flexibility index (Phi) is 5.26. The second kappa shape index (κ2) is 6.48. The van der Waals surface area contributed by atoms with E-state index in [1.165, 1.54) is 0 Å². The van der Waals surface area contributed by atoms with Gasteiger partial charge in [-0.2, -0.15) is 0 Å². The van der Waals surface area contributed by atoms with E-state index >= 15 is 0 Å². The van der Waals surface area contributed by atoms with Crippen molar-refractivity contribution < 1.29 is 39.1 Å². The van der Waals surface area contributed by atoms with Crippen molar-refractivity contribution in [1.29, 1.82) is 0 Å². The number of rotatable bonds is 2. The van der Waals surface area contributed by atoms with E-state index in [2.05, 4.69) is 0 Å². The molecule has 0 amide bonds. The van der Waals surface area contributed by atoms with Crippen LogP contribution in [0.5, 0.6) is 5.75 Å². The maximum Gasteiger partial charge on any atom is 1.00 e. The predicted molar refractivity (Wildman–Crippen MR) is 57.8 cm³/mol. The van der Waals surface area contributed by atoms with E-state index in [-0.39, 0.29) is 35.5 Å². The topological polar surface area (TPSA) is 26.3 Å². The summed E-state index contributed by atoms with van der Waals surface area (Å²) in [5.74, 6) is 0.230. The maximum absolute atomic E-state index is 11.6. The first kappa shape index (κ1) is 13.0. The second-order valence-electron chi connectivity index (χ2n) is 3.07. The minimum atomic E-state index is -0.332. The number of hydrogen-bond donors (Lipinski definition) is 0. The number of carbonyl (C=O) groups is 1. The van der Waals surface area contributed by atoms with Gasteiger partial charge in [0.05, 0.1) is 5.56 Å². The molecule has 74 valence electrons. The molecule has 16 heavy (non-hydrogen) atoms. The van der Waals surface area contributed by atoms with Crippen LogP contribution in [0.15, 0.2) is 60.7 Å². The Labute approximate surface area is 117 Å². The SMILES string of the molecule is O=C(Oc1ccccc1)c1ccccc1.[Na+]. The standard InChI is InChI=1S/C13H10O2.Na/c14-13(11-7-3-1-4-8-11)15-12-9-5-2-6-10-12;/h1-10H;/q;+1. The van der Waals surface area contributed by atoms with Crippen molar-refractivity contribution in [3.05, 3.63) is 66.2 Å². The van der Waals surface area contributed by atoms with Gasteiger partial charge in [0.15, 0.2) is 0 Å². The summed E-state index contributed by atoms with van der Waals surface area (Å²) in [4.78, 5) is 11.6. The second-order valence-corrected chi connectivity index (χ2v) is 3.07. The molecule has 0 aliphatic rings. The van der Waals surface area contributed by atoms with E-state index in [0.717, 1.165) is 0 Å². The number of ether oxygens (including phenoxy) is 1. The van der Waals surface area contributed by atoms with Crippen LogP contribution >= 0.6 is 0 Å². The Balaban J connectivity index is 0.00000128. The summed E-state index contributed by atoms with van der Waals surface area (Å²) >= 11 is 0. The fourth-order valence-corrected chi connectivity index (χ4v) is 1.23. The van der Waals surface area contributed by atoms with Crippen LogP contribution in [0.25, 0.3) is 0 Å². The summed E-state index contributed by atoms with van der Waals surface area (Å²) in [6.45, 7) is 0. The van der Waals surface area contributed by atoms with Crippen LogP contribution in [0.1, 0.15) is 10.4 Å². The van der Waals surface area contributed by atoms with E-state index < -0.39 is 0 Å². The van der Waals surface area contributed by atoms with E-state index in [1.54, 1.807) is 24.3 Å². The molecular formula is C13H10NaO2+. The molecule has 0 aliphatic carbocycles. The van der Waals surface area contributed by atoms with Gasteiger partial charge >= 0.3 is 35.5 Å². The Bertz CT molecular complexity index is 440. The molecule has 0 saturated heterocycles. The molecule has 0 heterocycles. The molecule has 0 radical (unpaired) electrons. The quantitative estimate of drug-likeness (QED) is 0.402. The summed E-state index contributed by atoms with van der Waals surface area (Å²) in [6.07, 6.45) is 0. The average Bonchev–Trinajstić information content (AvgIpc) is 2.31. The number of carbonyl (C=O) groups excluding carboxylic acids is 1. The van der Waals surface area contributed by atoms with Gasteiger partial charge in [-0.15, -0.1) is 0 Å². The van der Waals surface area contributed by atoms with E-state index in [0.29, 0.717) is 11.3 Å². The van der Waals surface area contributed by atoms with Crippen molar-refractivity contribution in [3.63, 3.8) is 0 Å². The van der Waals surface area contributed by atoms with Gasteiger partial charge in [-0.05, 0) is 24.3 Å². The Morgan fingerprint density at radius 1 is 0.812 bits per heavy atom. The monoisotopic (exact) mass is 221 g/mol. The molecule has 2 rings (SSSR count). The zero-order valence-corrected chi connectivity index (χ0v) is 11.1. The van der Waals surface area contributed by atoms with Crippen molar-refractivity contribution in [2.75, 3.05) is 0 Å². The van der Waals surface area contributed by atoms with Gasteiger partial charge in [0.25, 0.3) is 0 Å². The summed E-state index contributed by atoms with van der Waals surface area (Å²) in [7, 11) is 0. The van der Waals surface area contributed by atoms with E-state index in [1.807, 2.05) is 36.4 Å². The maximum atomic E-state index is 11.6. The first-order valence-electron chi connectivity index (χ1n) is 4.68. The van der Waals surface area contributed by atoms with Gasteiger partial charge in [0.2, 0.25) is 0 Å². The molecule has 3 heteroatoms. The molecule has 0 spiro atoms. The Morgan fingerprint density at radius 3 is 1.88 bits per heavy atom. The van der Waals surface area contributed by atoms with Gasteiger partial charge < -0.3 is 4.74 Å². The number of hydrogen-bond acceptors (Lipinski definition) is 2. The zero-order chi connectivity index (χ0) is 10.5. The number of benzene rings is 2. The third kappa shape index (κ3) is 3.49. The van der Waals surface area contributed by atoms with Gasteiger partial charge in [-0.3, -0.25) is 0 Å². The first-order chi connectivity index (χ1) is 7.36. The molecule has 0 bridgehead atoms. The molecular weight excluding hydrogens is 211 g/mol. The zero-order valence-electron chi connectivity index (χ0n) is 9.09. The fourth-order valence-electron chi connectivity index (χ4n) is 1.23. The van der Waals surface area contributed by atoms with Crippen molar-refractivity contribution in [2.45, 2.75) is 0 Å². The van der Waals surface area contributed by atoms with Crippen molar-refractivity contribution in [1.82, 2.24) is 0 Å². The van der Waals surface area contributed by atoms with Gasteiger partial charge in [-0.1, -0.05) is 36.4 Å². The molecule has 2 nitrogen and oxygen atoms in total. The molecule has 0 aromatic heterocycles.